The Kier molecular flexibility index (Phi) is 4.37. The van der Waals surface area contributed by atoms with Crippen LogP contribution in [0.5, 0.6) is 0 Å². The highest BCUT2D eigenvalue weighted by molar-refractivity contribution is 6.02. The fraction of sp³-hybridized carbons (Fsp3) is 0.471. The Morgan fingerprint density at radius 2 is 1.67 bits per heavy atom. The Hall–Kier alpha value is -1.81. The average molecular weight is 288 g/mol. The summed E-state index contributed by atoms with van der Waals surface area (Å²) < 4.78 is 5.18. The first kappa shape index (κ1) is 15.6. The van der Waals surface area contributed by atoms with E-state index < -0.39 is 17.4 Å². The molecule has 112 valence electrons. The summed E-state index contributed by atoms with van der Waals surface area (Å²) in [5.41, 5.74) is 0.107. The number of Topliss-reactive ketones (excluding diaryl/α,β-unsaturated/α-hetero) is 3. The van der Waals surface area contributed by atoms with Crippen LogP contribution in [0.4, 0.5) is 0 Å². The van der Waals surface area contributed by atoms with E-state index >= 15 is 0 Å². The van der Waals surface area contributed by atoms with Gasteiger partial charge in [-0.15, -0.1) is 0 Å². The molecule has 0 bridgehead atoms. The molecule has 0 aromatic heterocycles. The number of ether oxygens (including phenoxy) is 1. The molecule has 0 N–H and O–H groups in total. The molecule has 4 heteroatoms. The van der Waals surface area contributed by atoms with Gasteiger partial charge in [-0.3, -0.25) is 14.4 Å². The Morgan fingerprint density at radius 3 is 2.10 bits per heavy atom. The minimum atomic E-state index is -0.779. The van der Waals surface area contributed by atoms with E-state index in [4.69, 9.17) is 4.74 Å². The van der Waals surface area contributed by atoms with Gasteiger partial charge in [-0.25, -0.2) is 0 Å². The van der Waals surface area contributed by atoms with Gasteiger partial charge in [0, 0.05) is 12.3 Å². The molecule has 2 unspecified atom stereocenters. The van der Waals surface area contributed by atoms with Crippen molar-refractivity contribution in [1.82, 2.24) is 0 Å². The molecule has 2 rings (SSSR count). The third-order valence-corrected chi connectivity index (χ3v) is 4.08. The molecule has 0 radical (unpaired) electrons. The van der Waals surface area contributed by atoms with Gasteiger partial charge in [-0.2, -0.15) is 0 Å². The Labute approximate surface area is 124 Å². The van der Waals surface area contributed by atoms with Crippen molar-refractivity contribution >= 4 is 17.3 Å². The molecule has 1 aliphatic heterocycles. The Bertz CT molecular complexity index is 543. The van der Waals surface area contributed by atoms with Crippen molar-refractivity contribution in [2.45, 2.75) is 38.7 Å². The summed E-state index contributed by atoms with van der Waals surface area (Å²) in [6, 6.07) is 9.27. The smallest absolute Gasteiger partial charge is 0.167 e. The van der Waals surface area contributed by atoms with Crippen molar-refractivity contribution in [3.8, 4) is 0 Å². The second-order valence-corrected chi connectivity index (χ2v) is 5.86. The minimum Gasteiger partial charge on any atom is -0.362 e. The third kappa shape index (κ3) is 3.45. The molecule has 1 heterocycles. The van der Waals surface area contributed by atoms with Crippen LogP contribution in [-0.2, 0) is 19.1 Å². The molecule has 0 spiro atoms. The maximum atomic E-state index is 12.3. The first-order chi connectivity index (χ1) is 9.85. The zero-order valence-corrected chi connectivity index (χ0v) is 12.6. The normalized spacial score (nSPS) is 21.9. The van der Waals surface area contributed by atoms with E-state index in [2.05, 4.69) is 0 Å². The van der Waals surface area contributed by atoms with E-state index in [9.17, 15) is 14.4 Å². The molecule has 2 atom stereocenters. The van der Waals surface area contributed by atoms with E-state index in [0.717, 1.165) is 5.56 Å². The second-order valence-electron chi connectivity index (χ2n) is 5.86. The molecule has 1 aromatic rings. The highest BCUT2D eigenvalue weighted by atomic mass is 16.6. The van der Waals surface area contributed by atoms with Crippen LogP contribution in [-0.4, -0.2) is 29.6 Å². The zero-order chi connectivity index (χ0) is 15.6. The lowest BCUT2D eigenvalue weighted by Gasteiger charge is -2.24. The summed E-state index contributed by atoms with van der Waals surface area (Å²) in [6.45, 7) is 4.97. The number of rotatable bonds is 7. The van der Waals surface area contributed by atoms with Gasteiger partial charge in [0.25, 0.3) is 0 Å². The van der Waals surface area contributed by atoms with E-state index in [-0.39, 0.29) is 23.8 Å². The summed E-state index contributed by atoms with van der Waals surface area (Å²) >= 11 is 0. The quantitative estimate of drug-likeness (QED) is 0.570. The first-order valence-electron chi connectivity index (χ1n) is 7.08. The van der Waals surface area contributed by atoms with Crippen LogP contribution >= 0.6 is 0 Å². The summed E-state index contributed by atoms with van der Waals surface area (Å²) in [6.07, 6.45) is 0.143. The number of epoxide rings is 1. The highest BCUT2D eigenvalue weighted by Gasteiger charge is 2.48. The fourth-order valence-electron chi connectivity index (χ4n) is 2.67. The summed E-state index contributed by atoms with van der Waals surface area (Å²) in [7, 11) is 0. The van der Waals surface area contributed by atoms with Crippen LogP contribution in [0.2, 0.25) is 0 Å². The summed E-state index contributed by atoms with van der Waals surface area (Å²) in [5, 5.41) is 0. The minimum absolute atomic E-state index is 0.0520. The molecule has 0 aliphatic carbocycles. The topological polar surface area (TPSA) is 63.7 Å². The average Bonchev–Trinajstić information content (AvgIpc) is 3.17. The van der Waals surface area contributed by atoms with Crippen molar-refractivity contribution in [1.29, 1.82) is 0 Å². The first-order valence-corrected chi connectivity index (χ1v) is 7.08. The van der Waals surface area contributed by atoms with Crippen LogP contribution in [0.3, 0.4) is 0 Å². The lowest BCUT2D eigenvalue weighted by molar-refractivity contribution is -0.132. The zero-order valence-electron chi connectivity index (χ0n) is 12.6. The number of carbonyl (C=O) groups excluding carboxylic acids is 3. The van der Waals surface area contributed by atoms with Crippen LogP contribution in [0.25, 0.3) is 0 Å². The number of hydrogen-bond acceptors (Lipinski definition) is 4. The maximum absolute atomic E-state index is 12.3. The van der Waals surface area contributed by atoms with Crippen LogP contribution < -0.4 is 0 Å². The number of carbonyl (C=O) groups is 3. The number of benzene rings is 1. The van der Waals surface area contributed by atoms with E-state index in [1.165, 1.54) is 13.8 Å². The van der Waals surface area contributed by atoms with E-state index in [1.54, 1.807) is 6.92 Å². The standard InChI is InChI=1S/C17H20O4/c1-11(18)16(12(2)19)14(13-7-5-4-6-8-13)9-15(20)17(3)10-21-17/h4-8,14,16H,9-10H2,1-3H3. The number of hydrogen-bond donors (Lipinski definition) is 0. The van der Waals surface area contributed by atoms with Crippen molar-refractivity contribution in [3.05, 3.63) is 35.9 Å². The predicted molar refractivity (Wildman–Crippen MR) is 78.0 cm³/mol. The molecule has 1 saturated heterocycles. The molecular formula is C17H20O4. The van der Waals surface area contributed by atoms with Crippen molar-refractivity contribution in [2.75, 3.05) is 6.61 Å². The fourth-order valence-corrected chi connectivity index (χ4v) is 2.67. The number of ketones is 3. The molecule has 0 amide bonds. The molecule has 1 fully saturated rings. The molecule has 0 saturated carbocycles. The van der Waals surface area contributed by atoms with Crippen molar-refractivity contribution < 1.29 is 19.1 Å². The highest BCUT2D eigenvalue weighted by Crippen LogP contribution is 2.36. The van der Waals surface area contributed by atoms with E-state index in [0.29, 0.717) is 6.61 Å². The van der Waals surface area contributed by atoms with Crippen molar-refractivity contribution in [3.63, 3.8) is 0 Å². The van der Waals surface area contributed by atoms with Gasteiger partial charge in [0.1, 0.15) is 17.2 Å². The van der Waals surface area contributed by atoms with Crippen LogP contribution in [0.1, 0.15) is 38.7 Å². The van der Waals surface area contributed by atoms with Gasteiger partial charge >= 0.3 is 0 Å². The maximum Gasteiger partial charge on any atom is 0.167 e. The van der Waals surface area contributed by atoms with Gasteiger partial charge in [0.2, 0.25) is 0 Å². The summed E-state index contributed by atoms with van der Waals surface area (Å²) in [5.74, 6) is -1.66. The van der Waals surface area contributed by atoms with Crippen LogP contribution in [0.15, 0.2) is 30.3 Å². The van der Waals surface area contributed by atoms with Gasteiger partial charge in [-0.05, 0) is 26.3 Å². The largest absolute Gasteiger partial charge is 0.362 e. The predicted octanol–water partition coefficient (Wildman–Crippen LogP) is 2.31. The Morgan fingerprint density at radius 1 is 1.14 bits per heavy atom. The molecule has 1 aromatic carbocycles. The molecule has 1 aliphatic rings. The molecule has 21 heavy (non-hydrogen) atoms. The lowest BCUT2D eigenvalue weighted by atomic mass is 9.77. The van der Waals surface area contributed by atoms with Gasteiger partial charge in [0.15, 0.2) is 5.78 Å². The van der Waals surface area contributed by atoms with Gasteiger partial charge in [0.05, 0.1) is 12.5 Å². The third-order valence-electron chi connectivity index (χ3n) is 4.08. The van der Waals surface area contributed by atoms with Gasteiger partial charge in [-0.1, -0.05) is 30.3 Å². The monoisotopic (exact) mass is 288 g/mol. The second kappa shape index (κ2) is 5.90. The Balaban J connectivity index is 2.32. The molecule has 4 nitrogen and oxygen atoms in total. The molecular weight excluding hydrogens is 268 g/mol. The van der Waals surface area contributed by atoms with Crippen molar-refractivity contribution in [2.24, 2.45) is 5.92 Å². The lowest BCUT2D eigenvalue weighted by Crippen LogP contribution is -2.31. The van der Waals surface area contributed by atoms with Crippen LogP contribution in [0, 0.1) is 5.92 Å². The van der Waals surface area contributed by atoms with Gasteiger partial charge < -0.3 is 4.74 Å². The summed E-state index contributed by atoms with van der Waals surface area (Å²) in [4.78, 5) is 36.1. The van der Waals surface area contributed by atoms with E-state index in [1.807, 2.05) is 30.3 Å². The SMILES string of the molecule is CC(=O)C(C(C)=O)C(CC(=O)C1(C)CO1)c1ccccc1.